The van der Waals surface area contributed by atoms with Crippen molar-refractivity contribution in [2.75, 3.05) is 42.7 Å². The van der Waals surface area contributed by atoms with E-state index in [0.717, 1.165) is 14.2 Å². The first kappa shape index (κ1) is 28.6. The van der Waals surface area contributed by atoms with Gasteiger partial charge in [-0.3, -0.25) is 0 Å². The van der Waals surface area contributed by atoms with Crippen molar-refractivity contribution in [1.29, 1.82) is 0 Å². The zero-order valence-corrected chi connectivity index (χ0v) is 18.6. The van der Waals surface area contributed by atoms with Crippen LogP contribution in [0.15, 0.2) is 0 Å². The maximum absolute atomic E-state index is 11.3. The molecular formula is C18H32O14. The van der Waals surface area contributed by atoms with Crippen molar-refractivity contribution in [2.45, 2.75) is 61.4 Å². The van der Waals surface area contributed by atoms with Gasteiger partial charge >= 0.3 is 11.9 Å². The number of aliphatic hydroxyl groups is 4. The second-order valence-corrected chi connectivity index (χ2v) is 6.72. The van der Waals surface area contributed by atoms with E-state index in [2.05, 4.69) is 9.47 Å². The molecule has 14 heteroatoms. The normalized spacial score (nSPS) is 39.4. The van der Waals surface area contributed by atoms with Gasteiger partial charge in [0.1, 0.15) is 36.6 Å². The average molecular weight is 472 g/mol. The topological polar surface area (TPSA) is 189 Å². The predicted octanol–water partition coefficient (Wildman–Crippen LogP) is -3.46. The summed E-state index contributed by atoms with van der Waals surface area (Å²) in [5.74, 6) is -1.55. The molecule has 14 nitrogen and oxygen atoms in total. The molecule has 0 aromatic rings. The Hall–Kier alpha value is -1.46. The molecule has 4 N–H and O–H groups in total. The fourth-order valence-electron chi connectivity index (χ4n) is 3.34. The fourth-order valence-corrected chi connectivity index (χ4v) is 3.34. The molecule has 2 fully saturated rings. The van der Waals surface area contributed by atoms with Gasteiger partial charge in [-0.2, -0.15) is 0 Å². The van der Waals surface area contributed by atoms with Crippen molar-refractivity contribution >= 4 is 11.9 Å². The van der Waals surface area contributed by atoms with Crippen molar-refractivity contribution in [3.8, 4) is 0 Å². The van der Waals surface area contributed by atoms with E-state index in [1.165, 1.54) is 28.4 Å². The highest BCUT2D eigenvalue weighted by Crippen LogP contribution is 2.25. The van der Waals surface area contributed by atoms with Gasteiger partial charge in [0.2, 0.25) is 0 Å². The van der Waals surface area contributed by atoms with Gasteiger partial charge in [0.05, 0.1) is 14.2 Å². The summed E-state index contributed by atoms with van der Waals surface area (Å²) in [4.78, 5) is 22.5. The van der Waals surface area contributed by atoms with Gasteiger partial charge in [-0.1, -0.05) is 0 Å². The maximum atomic E-state index is 11.3. The molecule has 0 radical (unpaired) electrons. The number of carbonyl (C=O) groups excluding carboxylic acids is 2. The molecule has 188 valence electrons. The molecule has 10 atom stereocenters. The van der Waals surface area contributed by atoms with Crippen LogP contribution in [-0.2, 0) is 47.5 Å². The number of carbonyl (C=O) groups is 2. The molecule has 0 aromatic heterocycles. The monoisotopic (exact) mass is 472 g/mol. The van der Waals surface area contributed by atoms with Gasteiger partial charge in [-0.15, -0.1) is 0 Å². The summed E-state index contributed by atoms with van der Waals surface area (Å²) < 4.78 is 38.5. The van der Waals surface area contributed by atoms with E-state index in [4.69, 9.17) is 28.4 Å². The van der Waals surface area contributed by atoms with Crippen LogP contribution in [0.25, 0.3) is 0 Å². The first-order valence-corrected chi connectivity index (χ1v) is 9.43. The van der Waals surface area contributed by atoms with Crippen LogP contribution in [0.5, 0.6) is 0 Å². The fraction of sp³-hybridized carbons (Fsp3) is 0.889. The summed E-state index contributed by atoms with van der Waals surface area (Å²) in [7, 11) is 7.69. The Labute approximate surface area is 184 Å². The molecule has 0 spiro atoms. The lowest BCUT2D eigenvalue weighted by atomic mass is 9.98. The van der Waals surface area contributed by atoms with Crippen LogP contribution < -0.4 is 0 Å². The van der Waals surface area contributed by atoms with Gasteiger partial charge in [0.25, 0.3) is 0 Å². The lowest BCUT2D eigenvalue weighted by Gasteiger charge is -2.40. The van der Waals surface area contributed by atoms with Crippen molar-refractivity contribution < 1.29 is 67.9 Å². The van der Waals surface area contributed by atoms with Crippen LogP contribution in [0.3, 0.4) is 0 Å². The van der Waals surface area contributed by atoms with Crippen molar-refractivity contribution in [2.24, 2.45) is 0 Å². The summed E-state index contributed by atoms with van der Waals surface area (Å²) in [6.45, 7) is 0. The smallest absolute Gasteiger partial charge is 0.337 e. The van der Waals surface area contributed by atoms with E-state index in [1.807, 2.05) is 0 Å². The molecule has 2 heterocycles. The van der Waals surface area contributed by atoms with Gasteiger partial charge in [-0.25, -0.2) is 9.59 Å². The van der Waals surface area contributed by atoms with E-state index < -0.39 is 73.4 Å². The second kappa shape index (κ2) is 13.3. The minimum absolute atomic E-state index is 0.775. The summed E-state index contributed by atoms with van der Waals surface area (Å²) in [6.07, 6.45) is -11.2. The Morgan fingerprint density at radius 1 is 0.562 bits per heavy atom. The van der Waals surface area contributed by atoms with Gasteiger partial charge < -0.3 is 58.3 Å². The summed E-state index contributed by atoms with van der Waals surface area (Å²) in [5.41, 5.74) is 0. The minimum atomic E-state index is -1.36. The average Bonchev–Trinajstić information content (AvgIpc) is 2.80. The molecule has 32 heavy (non-hydrogen) atoms. The van der Waals surface area contributed by atoms with Crippen LogP contribution in [0.1, 0.15) is 0 Å². The van der Waals surface area contributed by atoms with E-state index in [0.29, 0.717) is 0 Å². The Morgan fingerprint density at radius 3 is 1.06 bits per heavy atom. The number of esters is 2. The van der Waals surface area contributed by atoms with Crippen LogP contribution in [-0.4, -0.2) is 136 Å². The molecule has 2 aliphatic heterocycles. The second-order valence-electron chi connectivity index (χ2n) is 6.72. The minimum Gasteiger partial charge on any atom is -0.467 e. The van der Waals surface area contributed by atoms with Crippen molar-refractivity contribution in [1.82, 2.24) is 0 Å². The van der Waals surface area contributed by atoms with Crippen molar-refractivity contribution in [3.05, 3.63) is 0 Å². The summed E-state index contributed by atoms with van der Waals surface area (Å²) in [6, 6.07) is 0. The van der Waals surface area contributed by atoms with Crippen LogP contribution in [0, 0.1) is 0 Å². The largest absolute Gasteiger partial charge is 0.467 e. The highest BCUT2D eigenvalue weighted by Gasteiger charge is 2.49. The third-order valence-electron chi connectivity index (χ3n) is 5.03. The van der Waals surface area contributed by atoms with Crippen LogP contribution in [0.4, 0.5) is 0 Å². The lowest BCUT2D eigenvalue weighted by Crippen LogP contribution is -2.61. The summed E-state index contributed by atoms with van der Waals surface area (Å²) >= 11 is 0. The number of aliphatic hydroxyl groups excluding tert-OH is 4. The quantitative estimate of drug-likeness (QED) is 0.279. The number of methoxy groups -OCH3 is 6. The molecule has 2 rings (SSSR count). The van der Waals surface area contributed by atoms with E-state index >= 15 is 0 Å². The Balaban J connectivity index is 0.000000320. The molecule has 0 bridgehead atoms. The number of rotatable bonds is 6. The maximum Gasteiger partial charge on any atom is 0.337 e. The Bertz CT molecular complexity index is 538. The molecule has 0 aliphatic carbocycles. The first-order chi connectivity index (χ1) is 15.1. The molecule has 2 saturated heterocycles. The molecular weight excluding hydrogens is 440 g/mol. The SMILES string of the molecule is COC(=O)C1O[C@@H](O)C(OC)[C@H](OC)[C@@H]1O.COC(=O)[C@@H]1O[C@H](O)C(OC)C(OC)[C@@H]1O. The van der Waals surface area contributed by atoms with Gasteiger partial charge in [0.15, 0.2) is 24.8 Å². The van der Waals surface area contributed by atoms with E-state index in [9.17, 15) is 30.0 Å². The first-order valence-electron chi connectivity index (χ1n) is 9.43. The predicted molar refractivity (Wildman–Crippen MR) is 101 cm³/mol. The van der Waals surface area contributed by atoms with E-state index in [1.54, 1.807) is 0 Å². The number of hydrogen-bond acceptors (Lipinski definition) is 14. The highest BCUT2D eigenvalue weighted by molar-refractivity contribution is 5.76. The van der Waals surface area contributed by atoms with Crippen molar-refractivity contribution in [3.63, 3.8) is 0 Å². The lowest BCUT2D eigenvalue weighted by molar-refractivity contribution is -0.289. The Morgan fingerprint density at radius 2 is 0.844 bits per heavy atom. The molecule has 0 amide bonds. The third kappa shape index (κ3) is 6.32. The molecule has 0 saturated carbocycles. The van der Waals surface area contributed by atoms with E-state index in [-0.39, 0.29) is 0 Å². The van der Waals surface area contributed by atoms with Crippen LogP contribution >= 0.6 is 0 Å². The summed E-state index contributed by atoms with van der Waals surface area (Å²) in [5, 5.41) is 38.7. The zero-order valence-electron chi connectivity index (χ0n) is 18.6. The third-order valence-corrected chi connectivity index (χ3v) is 5.03. The number of hydrogen-bond donors (Lipinski definition) is 4. The molecule has 4 unspecified atom stereocenters. The van der Waals surface area contributed by atoms with Gasteiger partial charge in [-0.05, 0) is 0 Å². The van der Waals surface area contributed by atoms with Gasteiger partial charge in [0, 0.05) is 28.4 Å². The zero-order chi connectivity index (χ0) is 24.6. The standard InChI is InChI=1S/2C9H16O7/c2*1-13-5-4(10)6(8(11)15-3)16-9(12)7(5)14-2/h2*4-7,9-10,12H,1-3H3/t4-,5?,6+,7?,9-;4-,5+,6?,7?,9+/m00/s1. The highest BCUT2D eigenvalue weighted by atomic mass is 16.7. The Kier molecular flexibility index (Phi) is 11.9. The molecule has 0 aromatic carbocycles. The van der Waals surface area contributed by atoms with Crippen LogP contribution in [0.2, 0.25) is 0 Å². The molecule has 2 aliphatic rings. The number of ether oxygens (including phenoxy) is 8.